The molecule has 2 aromatic heterocycles. The predicted molar refractivity (Wildman–Crippen MR) is 161 cm³/mol. The molecular weight excluding hydrogens is 557 g/mol. The van der Waals surface area contributed by atoms with Crippen molar-refractivity contribution in [2.24, 2.45) is 5.73 Å². The first kappa shape index (κ1) is 29.9. The number of hydrogen-bond acceptors (Lipinski definition) is 5. The van der Waals surface area contributed by atoms with Crippen LogP contribution in [0, 0.1) is 6.57 Å². The standard InChI is InChI=1S/C32H33F3N6O2/c1-21(33)32(34,35)20-43-26-8-5-22(6-9-26)24-16-28(30(36)42)31(39-19-24)41-14-12-40(13-15-41)11-3-4-23-18-38-29-10-7-25(37-2)17-27(23)29/h5-10,16-19,21,38H,3-4,11-15,20H2,1H3,(H2,36,42). The van der Waals surface area contributed by atoms with Crippen LogP contribution in [0.5, 0.6) is 5.75 Å². The first-order chi connectivity index (χ1) is 20.6. The van der Waals surface area contributed by atoms with Gasteiger partial charge in [0, 0.05) is 49.7 Å². The molecule has 1 aliphatic rings. The van der Waals surface area contributed by atoms with Crippen molar-refractivity contribution in [3.8, 4) is 16.9 Å². The maximum atomic E-state index is 13.5. The van der Waals surface area contributed by atoms with Crippen molar-refractivity contribution in [3.05, 3.63) is 83.5 Å². The lowest BCUT2D eigenvalue weighted by Crippen LogP contribution is -2.47. The normalized spacial score (nSPS) is 14.9. The van der Waals surface area contributed by atoms with Gasteiger partial charge in [-0.15, -0.1) is 0 Å². The number of amides is 1. The van der Waals surface area contributed by atoms with E-state index in [-0.39, 0.29) is 5.75 Å². The highest BCUT2D eigenvalue weighted by atomic mass is 19.3. The van der Waals surface area contributed by atoms with Crippen molar-refractivity contribution < 1.29 is 22.7 Å². The summed E-state index contributed by atoms with van der Waals surface area (Å²) in [6, 6.07) is 13.7. The molecule has 8 nitrogen and oxygen atoms in total. The Morgan fingerprint density at radius 1 is 1.14 bits per heavy atom. The lowest BCUT2D eigenvalue weighted by molar-refractivity contribution is -0.0941. The fraction of sp³-hybridized carbons (Fsp3) is 0.344. The number of alkyl halides is 3. The van der Waals surface area contributed by atoms with Crippen LogP contribution in [0.3, 0.4) is 0 Å². The minimum Gasteiger partial charge on any atom is -0.487 e. The number of nitrogens with one attached hydrogen (secondary N) is 1. The van der Waals surface area contributed by atoms with Crippen molar-refractivity contribution >= 4 is 28.3 Å². The molecule has 11 heteroatoms. The zero-order valence-corrected chi connectivity index (χ0v) is 23.8. The number of anilines is 1. The summed E-state index contributed by atoms with van der Waals surface area (Å²) in [4.78, 5) is 28.3. The number of piperazine rings is 1. The SMILES string of the molecule is [C-]#[N+]c1ccc2[nH]cc(CCCN3CCN(c4ncc(-c5ccc(OCC(F)(F)C(C)F)cc5)cc4C(N)=O)CC3)c2c1. The number of nitrogens with two attached hydrogens (primary N) is 1. The average Bonchev–Trinajstić information content (AvgIpc) is 3.42. The second-order valence-corrected chi connectivity index (χ2v) is 10.7. The lowest BCUT2D eigenvalue weighted by atomic mass is 10.0. The van der Waals surface area contributed by atoms with Gasteiger partial charge in [-0.25, -0.2) is 14.2 Å². The fourth-order valence-corrected chi connectivity index (χ4v) is 5.21. The summed E-state index contributed by atoms with van der Waals surface area (Å²) in [5, 5.41) is 1.10. The lowest BCUT2D eigenvalue weighted by Gasteiger charge is -2.36. The number of aromatic nitrogens is 2. The molecule has 43 heavy (non-hydrogen) atoms. The molecule has 0 bridgehead atoms. The summed E-state index contributed by atoms with van der Waals surface area (Å²) in [5.41, 5.74) is 10.3. The second-order valence-electron chi connectivity index (χ2n) is 10.7. The first-order valence-electron chi connectivity index (χ1n) is 14.1. The number of carbonyl (C=O) groups excluding carboxylic acids is 1. The molecule has 4 aromatic rings. The van der Waals surface area contributed by atoms with Crippen LogP contribution >= 0.6 is 0 Å². The molecule has 3 N–H and O–H groups in total. The van der Waals surface area contributed by atoms with Gasteiger partial charge in [0.05, 0.1) is 12.1 Å². The van der Waals surface area contributed by atoms with Gasteiger partial charge in [-0.3, -0.25) is 9.69 Å². The van der Waals surface area contributed by atoms with Gasteiger partial charge in [-0.1, -0.05) is 18.2 Å². The van der Waals surface area contributed by atoms with Gasteiger partial charge in [-0.05, 0) is 73.2 Å². The van der Waals surface area contributed by atoms with E-state index in [0.29, 0.717) is 41.3 Å². The summed E-state index contributed by atoms with van der Waals surface area (Å²) >= 11 is 0. The Hall–Kier alpha value is -4.56. The summed E-state index contributed by atoms with van der Waals surface area (Å²) in [6.07, 6.45) is 3.26. The van der Waals surface area contributed by atoms with Gasteiger partial charge >= 0.3 is 5.92 Å². The summed E-state index contributed by atoms with van der Waals surface area (Å²) in [6.45, 7) is 11.0. The minimum atomic E-state index is -3.58. The van der Waals surface area contributed by atoms with Gasteiger partial charge in [0.25, 0.3) is 5.91 Å². The number of hydrogen-bond donors (Lipinski definition) is 2. The number of H-pyrrole nitrogens is 1. The van der Waals surface area contributed by atoms with Crippen LogP contribution in [0.15, 0.2) is 60.9 Å². The van der Waals surface area contributed by atoms with Crippen molar-refractivity contribution in [2.45, 2.75) is 31.9 Å². The molecule has 1 atom stereocenters. The number of ether oxygens (including phenoxy) is 1. The summed E-state index contributed by atoms with van der Waals surface area (Å²) < 4.78 is 45.1. The van der Waals surface area contributed by atoms with Crippen LogP contribution in [-0.4, -0.2) is 72.2 Å². The second kappa shape index (κ2) is 12.8. The van der Waals surface area contributed by atoms with Crippen LogP contribution in [0.1, 0.15) is 29.3 Å². The van der Waals surface area contributed by atoms with Gasteiger partial charge < -0.3 is 20.4 Å². The Balaban J connectivity index is 1.17. The molecular formula is C32H33F3N6O2. The monoisotopic (exact) mass is 590 g/mol. The Bertz CT molecular complexity index is 1620. The Labute approximate surface area is 248 Å². The first-order valence-corrected chi connectivity index (χ1v) is 14.1. The Morgan fingerprint density at radius 2 is 1.88 bits per heavy atom. The topological polar surface area (TPSA) is 91.8 Å². The molecule has 1 unspecified atom stereocenters. The van der Waals surface area contributed by atoms with E-state index < -0.39 is 24.6 Å². The maximum absolute atomic E-state index is 13.5. The van der Waals surface area contributed by atoms with Crippen LogP contribution in [0.4, 0.5) is 24.7 Å². The fourth-order valence-electron chi connectivity index (χ4n) is 5.21. The third kappa shape index (κ3) is 6.92. The van der Waals surface area contributed by atoms with E-state index in [4.69, 9.17) is 17.0 Å². The smallest absolute Gasteiger partial charge is 0.311 e. The molecule has 3 heterocycles. The van der Waals surface area contributed by atoms with Crippen LogP contribution in [-0.2, 0) is 6.42 Å². The molecule has 2 aromatic carbocycles. The number of halogens is 3. The zero-order valence-electron chi connectivity index (χ0n) is 23.8. The van der Waals surface area contributed by atoms with Crippen LogP contribution < -0.4 is 15.4 Å². The maximum Gasteiger partial charge on any atom is 0.311 e. The Kier molecular flexibility index (Phi) is 8.87. The number of pyridine rings is 1. The predicted octanol–water partition coefficient (Wildman–Crippen LogP) is 6.01. The van der Waals surface area contributed by atoms with Gasteiger partial charge in [0.2, 0.25) is 0 Å². The van der Waals surface area contributed by atoms with E-state index >= 15 is 0 Å². The quantitative estimate of drug-likeness (QED) is 0.209. The largest absolute Gasteiger partial charge is 0.487 e. The van der Waals surface area contributed by atoms with E-state index in [1.54, 1.807) is 24.4 Å². The third-order valence-corrected chi connectivity index (χ3v) is 7.81. The number of aromatic amines is 1. The average molecular weight is 591 g/mol. The van der Waals surface area contributed by atoms with E-state index in [0.717, 1.165) is 50.3 Å². The van der Waals surface area contributed by atoms with E-state index in [1.165, 1.54) is 17.7 Å². The Morgan fingerprint density at radius 3 is 2.56 bits per heavy atom. The minimum absolute atomic E-state index is 0.178. The molecule has 0 aliphatic carbocycles. The van der Waals surface area contributed by atoms with Crippen molar-refractivity contribution in [1.82, 2.24) is 14.9 Å². The van der Waals surface area contributed by atoms with Gasteiger partial charge in [0.15, 0.2) is 18.5 Å². The number of rotatable bonds is 11. The van der Waals surface area contributed by atoms with Crippen LogP contribution in [0.25, 0.3) is 26.9 Å². The molecule has 1 amide bonds. The molecule has 224 valence electrons. The van der Waals surface area contributed by atoms with Crippen LogP contribution in [0.2, 0.25) is 0 Å². The van der Waals surface area contributed by atoms with Gasteiger partial charge in [-0.2, -0.15) is 8.78 Å². The van der Waals surface area contributed by atoms with E-state index in [1.807, 2.05) is 24.4 Å². The van der Waals surface area contributed by atoms with E-state index in [9.17, 15) is 18.0 Å². The number of nitrogens with zero attached hydrogens (tertiary/aromatic N) is 4. The highest BCUT2D eigenvalue weighted by molar-refractivity contribution is 5.99. The molecule has 0 spiro atoms. The van der Waals surface area contributed by atoms with Crippen molar-refractivity contribution in [2.75, 3.05) is 44.2 Å². The number of primary amides is 1. The highest BCUT2D eigenvalue weighted by Gasteiger charge is 2.37. The van der Waals surface area contributed by atoms with Gasteiger partial charge in [0.1, 0.15) is 11.6 Å². The molecule has 1 aliphatic heterocycles. The molecule has 1 saturated heterocycles. The molecule has 1 fully saturated rings. The molecule has 0 saturated carbocycles. The van der Waals surface area contributed by atoms with Crippen molar-refractivity contribution in [1.29, 1.82) is 0 Å². The third-order valence-electron chi connectivity index (χ3n) is 7.81. The number of aryl methyl sites for hydroxylation is 1. The molecule has 5 rings (SSSR count). The highest BCUT2D eigenvalue weighted by Crippen LogP contribution is 2.29. The summed E-state index contributed by atoms with van der Waals surface area (Å²) in [5.74, 6) is -3.46. The number of carbonyl (C=O) groups is 1. The number of benzene rings is 2. The van der Waals surface area contributed by atoms with Crippen molar-refractivity contribution in [3.63, 3.8) is 0 Å². The zero-order chi connectivity index (χ0) is 30.6. The summed E-state index contributed by atoms with van der Waals surface area (Å²) in [7, 11) is 0. The number of fused-ring (bicyclic) bond motifs is 1. The van der Waals surface area contributed by atoms with E-state index in [2.05, 4.69) is 24.6 Å². The molecule has 0 radical (unpaired) electrons.